The smallest absolute Gasteiger partial charge is 0.276 e. The number of aromatic nitrogens is 7. The molecule has 5 aromatic heterocycles. The van der Waals surface area contributed by atoms with E-state index < -0.39 is 11.9 Å². The van der Waals surface area contributed by atoms with E-state index in [1.54, 1.807) is 39.9 Å². The van der Waals surface area contributed by atoms with Crippen molar-refractivity contribution in [2.45, 2.75) is 37.6 Å². The number of carbonyl (C=O) groups excluding carboxylic acids is 2. The van der Waals surface area contributed by atoms with Crippen LogP contribution in [0.1, 0.15) is 64.3 Å². The summed E-state index contributed by atoms with van der Waals surface area (Å²) in [5, 5.41) is 11.4. The molecule has 12 nitrogen and oxygen atoms in total. The Morgan fingerprint density at radius 1 is 0.936 bits per heavy atom. The minimum Gasteiger partial charge on any atom is -0.364 e. The molecule has 1 N–H and O–H groups in total. The molecule has 0 unspecified atom stereocenters. The number of imidazole rings is 2. The van der Waals surface area contributed by atoms with Gasteiger partial charge in [0.25, 0.3) is 11.8 Å². The Balaban J connectivity index is 1.17. The average molecular weight is 636 g/mol. The number of pyridine rings is 1. The molecule has 1 aliphatic carbocycles. The topological polar surface area (TPSA) is 136 Å². The number of anilines is 1. The molecule has 0 spiro atoms. The number of fused-ring (bicyclic) bond motifs is 1. The molecule has 6 aromatic rings. The average Bonchev–Trinajstić information content (AvgIpc) is 3.44. The van der Waals surface area contributed by atoms with Gasteiger partial charge in [0.15, 0.2) is 17.2 Å². The second kappa shape index (κ2) is 11.5. The van der Waals surface area contributed by atoms with Crippen molar-refractivity contribution in [2.24, 2.45) is 0 Å². The van der Waals surface area contributed by atoms with Gasteiger partial charge in [0.1, 0.15) is 23.6 Å². The summed E-state index contributed by atoms with van der Waals surface area (Å²) in [5.74, 6) is -0.323. The second-order valence-electron chi connectivity index (χ2n) is 11.7. The maximum atomic E-state index is 14.0. The van der Waals surface area contributed by atoms with E-state index in [1.807, 2.05) is 6.07 Å². The molecule has 1 aromatic carbocycles. The highest BCUT2D eigenvalue weighted by molar-refractivity contribution is 6.03. The third kappa shape index (κ3) is 5.51. The summed E-state index contributed by atoms with van der Waals surface area (Å²) in [6.45, 7) is 1.06. The lowest BCUT2D eigenvalue weighted by molar-refractivity contribution is 0.0683. The van der Waals surface area contributed by atoms with Crippen LogP contribution in [-0.2, 0) is 0 Å². The Bertz CT molecular complexity index is 2110. The van der Waals surface area contributed by atoms with Crippen LogP contribution >= 0.6 is 0 Å². The summed E-state index contributed by atoms with van der Waals surface area (Å²) in [7, 11) is 0. The standard InChI is InChI=1S/C33H27F2N9O3/c34-22-5-3-19(4-6-22)29-30(24-7-8-28-37-27(18-43(28)40-24)38-32(45)21-9-13-36-26(35)17-21)44(31(39-29)20-1-2-20)23-10-14-42(15-11-23)33(46)25-12-16-47-41-25/h3-9,12-13,16-18,20,23H,1-2,10-11,14-15H2,(H,38,45). The second-order valence-corrected chi connectivity index (χ2v) is 11.7. The zero-order valence-electron chi connectivity index (χ0n) is 24.9. The molecule has 2 fully saturated rings. The van der Waals surface area contributed by atoms with Crippen LogP contribution in [0.25, 0.3) is 28.3 Å². The van der Waals surface area contributed by atoms with Gasteiger partial charge in [-0.25, -0.2) is 23.9 Å². The van der Waals surface area contributed by atoms with Crippen LogP contribution < -0.4 is 5.32 Å². The van der Waals surface area contributed by atoms with E-state index in [0.717, 1.165) is 36.0 Å². The Hall–Kier alpha value is -5.79. The van der Waals surface area contributed by atoms with Gasteiger partial charge in [-0.05, 0) is 68.1 Å². The Labute approximate surface area is 266 Å². The fourth-order valence-electron chi connectivity index (χ4n) is 6.12. The first-order chi connectivity index (χ1) is 22.9. The number of hydrogen-bond donors (Lipinski definition) is 1. The quantitative estimate of drug-likeness (QED) is 0.226. The molecule has 2 aliphatic rings. The molecule has 236 valence electrons. The third-order valence-electron chi connectivity index (χ3n) is 8.57. The van der Waals surface area contributed by atoms with Gasteiger partial charge in [-0.1, -0.05) is 5.16 Å². The van der Waals surface area contributed by atoms with Gasteiger partial charge >= 0.3 is 0 Å². The van der Waals surface area contributed by atoms with Gasteiger partial charge in [-0.15, -0.1) is 0 Å². The van der Waals surface area contributed by atoms with E-state index in [2.05, 4.69) is 25.0 Å². The normalized spacial score (nSPS) is 15.3. The molecule has 1 saturated carbocycles. The van der Waals surface area contributed by atoms with Gasteiger partial charge in [-0.3, -0.25) is 9.59 Å². The molecular weight excluding hydrogens is 608 g/mol. The predicted molar refractivity (Wildman–Crippen MR) is 164 cm³/mol. The summed E-state index contributed by atoms with van der Waals surface area (Å²) in [6.07, 6.45) is 7.60. The number of hydrogen-bond acceptors (Lipinski definition) is 8. The SMILES string of the molecule is O=C(Nc1cn2nc(-c3c(-c4ccc(F)cc4)nc(C4CC4)n3C3CCN(C(=O)c4ccon4)CC3)ccc2n1)c1ccnc(F)c1. The first-order valence-corrected chi connectivity index (χ1v) is 15.3. The van der Waals surface area contributed by atoms with Crippen molar-refractivity contribution >= 4 is 23.3 Å². The minimum absolute atomic E-state index is 0.0274. The maximum absolute atomic E-state index is 14.0. The number of piperidine rings is 1. The summed E-state index contributed by atoms with van der Waals surface area (Å²) in [6, 6.07) is 14.0. The number of benzene rings is 1. The maximum Gasteiger partial charge on any atom is 0.276 e. The molecule has 0 radical (unpaired) electrons. The molecule has 1 saturated heterocycles. The molecule has 6 heterocycles. The van der Waals surface area contributed by atoms with Gasteiger partial charge < -0.3 is 19.3 Å². The zero-order chi connectivity index (χ0) is 32.1. The number of amides is 2. The highest BCUT2D eigenvalue weighted by atomic mass is 19.1. The molecule has 1 aliphatic heterocycles. The molecule has 0 atom stereocenters. The van der Waals surface area contributed by atoms with Crippen molar-refractivity contribution in [3.05, 3.63) is 102 Å². The lowest BCUT2D eigenvalue weighted by Crippen LogP contribution is -2.39. The third-order valence-corrected chi connectivity index (χ3v) is 8.57. The first kappa shape index (κ1) is 28.7. The van der Waals surface area contributed by atoms with E-state index in [-0.39, 0.29) is 40.8 Å². The van der Waals surface area contributed by atoms with Crippen LogP contribution in [0.15, 0.2) is 77.8 Å². The molecular formula is C33H27F2N9O3. The van der Waals surface area contributed by atoms with Crippen LogP contribution in [0.4, 0.5) is 14.6 Å². The van der Waals surface area contributed by atoms with E-state index in [4.69, 9.17) is 14.6 Å². The zero-order valence-corrected chi connectivity index (χ0v) is 24.9. The monoisotopic (exact) mass is 635 g/mol. The van der Waals surface area contributed by atoms with Gasteiger partial charge in [0.2, 0.25) is 5.95 Å². The van der Waals surface area contributed by atoms with E-state index in [0.29, 0.717) is 43.0 Å². The molecule has 0 bridgehead atoms. The van der Waals surface area contributed by atoms with E-state index in [9.17, 15) is 18.4 Å². The highest BCUT2D eigenvalue weighted by Gasteiger charge is 2.36. The Morgan fingerprint density at radius 2 is 1.74 bits per heavy atom. The molecule has 8 rings (SSSR count). The molecule has 2 amide bonds. The van der Waals surface area contributed by atoms with Crippen molar-refractivity contribution < 1.29 is 22.9 Å². The van der Waals surface area contributed by atoms with Crippen LogP contribution in [0.2, 0.25) is 0 Å². The van der Waals surface area contributed by atoms with Crippen LogP contribution in [0.5, 0.6) is 0 Å². The highest BCUT2D eigenvalue weighted by Crippen LogP contribution is 2.46. The lowest BCUT2D eigenvalue weighted by Gasteiger charge is -2.33. The Kier molecular flexibility index (Phi) is 7.04. The Morgan fingerprint density at radius 3 is 2.47 bits per heavy atom. The van der Waals surface area contributed by atoms with Crippen molar-refractivity contribution in [2.75, 3.05) is 18.4 Å². The minimum atomic E-state index is -0.759. The number of nitrogens with one attached hydrogen (secondary N) is 1. The largest absolute Gasteiger partial charge is 0.364 e. The van der Waals surface area contributed by atoms with Crippen molar-refractivity contribution in [3.8, 4) is 22.6 Å². The fourth-order valence-corrected chi connectivity index (χ4v) is 6.12. The number of carbonyl (C=O) groups is 2. The first-order valence-electron chi connectivity index (χ1n) is 15.3. The summed E-state index contributed by atoms with van der Waals surface area (Å²) in [4.78, 5) is 40.6. The van der Waals surface area contributed by atoms with Gasteiger partial charge in [0, 0.05) is 54.5 Å². The molecule has 14 heteroatoms. The van der Waals surface area contributed by atoms with Crippen LogP contribution in [0, 0.1) is 11.8 Å². The van der Waals surface area contributed by atoms with Gasteiger partial charge in [-0.2, -0.15) is 9.49 Å². The van der Waals surface area contributed by atoms with E-state index in [1.165, 1.54) is 30.7 Å². The van der Waals surface area contributed by atoms with Crippen molar-refractivity contribution in [1.82, 2.24) is 39.2 Å². The van der Waals surface area contributed by atoms with Gasteiger partial charge in [0.05, 0.1) is 17.6 Å². The molecule has 47 heavy (non-hydrogen) atoms. The van der Waals surface area contributed by atoms with Crippen molar-refractivity contribution in [1.29, 1.82) is 0 Å². The van der Waals surface area contributed by atoms with E-state index >= 15 is 0 Å². The summed E-state index contributed by atoms with van der Waals surface area (Å²) < 4.78 is 36.3. The van der Waals surface area contributed by atoms with Crippen LogP contribution in [-0.4, -0.2) is 64.1 Å². The predicted octanol–water partition coefficient (Wildman–Crippen LogP) is 5.53. The summed E-state index contributed by atoms with van der Waals surface area (Å²) in [5.41, 5.74) is 3.72. The number of likely N-dealkylation sites (tertiary alicyclic amines) is 1. The number of nitrogens with zero attached hydrogens (tertiary/aromatic N) is 8. The van der Waals surface area contributed by atoms with Crippen molar-refractivity contribution in [3.63, 3.8) is 0 Å². The van der Waals surface area contributed by atoms with Crippen LogP contribution in [0.3, 0.4) is 0 Å². The fraction of sp³-hybridized carbons (Fsp3) is 0.242. The lowest BCUT2D eigenvalue weighted by atomic mass is 10.0. The number of halogens is 2. The summed E-state index contributed by atoms with van der Waals surface area (Å²) >= 11 is 0. The number of rotatable bonds is 7.